The van der Waals surface area contributed by atoms with Crippen LogP contribution in [0.15, 0.2) is 42.6 Å². The molecule has 3 aromatic rings. The molecule has 2 aromatic heterocycles. The van der Waals surface area contributed by atoms with Gasteiger partial charge in [-0.25, -0.2) is 4.68 Å². The molecule has 0 bridgehead atoms. The first-order valence-corrected chi connectivity index (χ1v) is 11.1. The van der Waals surface area contributed by atoms with Crippen molar-refractivity contribution in [3.63, 3.8) is 0 Å². The molecular weight excluding hydrogens is 400 g/mol. The van der Waals surface area contributed by atoms with Crippen molar-refractivity contribution in [1.29, 1.82) is 0 Å². The quantitative estimate of drug-likeness (QED) is 0.666. The molecule has 8 heteroatoms. The molecule has 1 unspecified atom stereocenters. The molecule has 166 valence electrons. The van der Waals surface area contributed by atoms with E-state index >= 15 is 0 Å². The smallest absolute Gasteiger partial charge is 0.224 e. The summed E-state index contributed by atoms with van der Waals surface area (Å²) in [4.78, 5) is 15.7. The average Bonchev–Trinajstić information content (AvgIpc) is 3.33. The zero-order valence-corrected chi connectivity index (χ0v) is 18.9. The zero-order chi connectivity index (χ0) is 22.2. The molecule has 0 spiro atoms. The third-order valence-electron chi connectivity index (χ3n) is 6.42. The van der Waals surface area contributed by atoms with E-state index in [1.807, 2.05) is 35.9 Å². The number of nitrogen functional groups attached to an aromatic ring is 1. The minimum atomic E-state index is 0.242. The van der Waals surface area contributed by atoms with Crippen LogP contribution < -0.4 is 15.5 Å². The summed E-state index contributed by atoms with van der Waals surface area (Å²) in [5.41, 5.74) is 10.9. The number of nitrogens with two attached hydrogens (primary N) is 1. The summed E-state index contributed by atoms with van der Waals surface area (Å²) in [6, 6.07) is 11.3. The van der Waals surface area contributed by atoms with Crippen LogP contribution >= 0.6 is 0 Å². The number of fused-ring (bicyclic) bond motifs is 3. The predicted molar refractivity (Wildman–Crippen MR) is 129 cm³/mol. The predicted octanol–water partition coefficient (Wildman–Crippen LogP) is 2.38. The molecule has 1 saturated heterocycles. The third kappa shape index (κ3) is 3.82. The van der Waals surface area contributed by atoms with Gasteiger partial charge in [0.15, 0.2) is 5.82 Å². The van der Waals surface area contributed by atoms with Crippen LogP contribution in [0, 0.1) is 6.92 Å². The van der Waals surface area contributed by atoms with Crippen LogP contribution in [0.3, 0.4) is 0 Å². The molecule has 0 radical (unpaired) electrons. The van der Waals surface area contributed by atoms with Crippen molar-refractivity contribution in [2.45, 2.75) is 19.4 Å². The van der Waals surface area contributed by atoms with E-state index in [-0.39, 0.29) is 5.95 Å². The second kappa shape index (κ2) is 8.27. The number of benzene rings is 1. The maximum absolute atomic E-state index is 5.91. The molecule has 0 amide bonds. The number of hydrogen-bond donors (Lipinski definition) is 1. The lowest BCUT2D eigenvalue weighted by atomic mass is 10.1. The third-order valence-corrected chi connectivity index (χ3v) is 6.42. The molecular formula is C24H30N8. The summed E-state index contributed by atoms with van der Waals surface area (Å²) in [6.45, 7) is 6.27. The Balaban J connectivity index is 1.25. The van der Waals surface area contributed by atoms with E-state index < -0.39 is 0 Å². The minimum absolute atomic E-state index is 0.242. The number of piperazine rings is 1. The molecule has 1 aromatic carbocycles. The van der Waals surface area contributed by atoms with E-state index in [0.29, 0.717) is 11.9 Å². The molecule has 5 rings (SSSR count). The second-order valence-corrected chi connectivity index (χ2v) is 8.78. The van der Waals surface area contributed by atoms with Gasteiger partial charge < -0.3 is 15.5 Å². The Labute approximate surface area is 189 Å². The maximum Gasteiger partial charge on any atom is 0.224 e. The highest BCUT2D eigenvalue weighted by Crippen LogP contribution is 2.33. The van der Waals surface area contributed by atoms with Gasteiger partial charge >= 0.3 is 0 Å². The number of nitrogens with zero attached hydrogens (tertiary/aromatic N) is 7. The van der Waals surface area contributed by atoms with Gasteiger partial charge in [0.25, 0.3) is 0 Å². The fraction of sp³-hybridized carbons (Fsp3) is 0.375. The topological polar surface area (TPSA) is 79.3 Å². The molecule has 1 atom stereocenters. The molecule has 1 fully saturated rings. The summed E-state index contributed by atoms with van der Waals surface area (Å²) in [7, 11) is 3.86. The van der Waals surface area contributed by atoms with Gasteiger partial charge in [0.2, 0.25) is 5.95 Å². The Morgan fingerprint density at radius 3 is 2.88 bits per heavy atom. The monoisotopic (exact) mass is 430 g/mol. The molecule has 0 aliphatic carbocycles. The Hall–Kier alpha value is -3.39. The minimum Gasteiger partial charge on any atom is -0.368 e. The van der Waals surface area contributed by atoms with Crippen LogP contribution in [0.25, 0.3) is 11.9 Å². The van der Waals surface area contributed by atoms with Gasteiger partial charge in [-0.3, -0.25) is 4.90 Å². The molecule has 0 saturated carbocycles. The Bertz CT molecular complexity index is 1150. The lowest BCUT2D eigenvalue weighted by Gasteiger charge is -2.38. The number of rotatable bonds is 5. The summed E-state index contributed by atoms with van der Waals surface area (Å²) < 4.78 is 1.82. The van der Waals surface area contributed by atoms with Crippen LogP contribution in [-0.4, -0.2) is 71.0 Å². The number of anilines is 3. The second-order valence-electron chi connectivity index (χ2n) is 8.78. The highest BCUT2D eigenvalue weighted by molar-refractivity contribution is 5.60. The van der Waals surface area contributed by atoms with Crippen molar-refractivity contribution in [1.82, 2.24) is 24.6 Å². The van der Waals surface area contributed by atoms with Crippen molar-refractivity contribution in [2.24, 2.45) is 0 Å². The van der Waals surface area contributed by atoms with Crippen LogP contribution in [0.2, 0.25) is 0 Å². The van der Waals surface area contributed by atoms with E-state index in [1.165, 1.54) is 11.3 Å². The van der Waals surface area contributed by atoms with Crippen LogP contribution in [-0.2, 0) is 6.42 Å². The fourth-order valence-corrected chi connectivity index (χ4v) is 4.72. The van der Waals surface area contributed by atoms with Crippen molar-refractivity contribution < 1.29 is 0 Å². The first kappa shape index (κ1) is 20.5. The van der Waals surface area contributed by atoms with Gasteiger partial charge in [-0.1, -0.05) is 30.4 Å². The lowest BCUT2D eigenvalue weighted by molar-refractivity contribution is 0.249. The normalized spacial score (nSPS) is 18.2. The van der Waals surface area contributed by atoms with E-state index in [0.717, 1.165) is 49.7 Å². The largest absolute Gasteiger partial charge is 0.368 e. The lowest BCUT2D eigenvalue weighted by Crippen LogP contribution is -2.51. The highest BCUT2D eigenvalue weighted by Gasteiger charge is 2.33. The first-order chi connectivity index (χ1) is 15.5. The van der Waals surface area contributed by atoms with Gasteiger partial charge in [0, 0.05) is 63.6 Å². The van der Waals surface area contributed by atoms with Gasteiger partial charge in [-0.05, 0) is 25.0 Å². The van der Waals surface area contributed by atoms with Crippen molar-refractivity contribution >= 4 is 23.5 Å². The highest BCUT2D eigenvalue weighted by atomic mass is 15.3. The Kier molecular flexibility index (Phi) is 5.30. The van der Waals surface area contributed by atoms with Crippen molar-refractivity contribution in [2.75, 3.05) is 55.8 Å². The SMILES string of the molecule is Cc1c(/C=C/CN2CCN3c4ccccc4CC3C2)cnn1-c1cc(N(C)C)nc(N)n1. The number of aromatic nitrogens is 4. The van der Waals surface area contributed by atoms with Crippen molar-refractivity contribution in [3.05, 3.63) is 59.4 Å². The van der Waals surface area contributed by atoms with E-state index in [1.54, 1.807) is 0 Å². The number of hydrogen-bond acceptors (Lipinski definition) is 7. The van der Waals surface area contributed by atoms with Gasteiger partial charge in [-0.15, -0.1) is 0 Å². The summed E-state index contributed by atoms with van der Waals surface area (Å²) in [6.07, 6.45) is 7.43. The van der Waals surface area contributed by atoms with Crippen LogP contribution in [0.4, 0.5) is 17.5 Å². The summed E-state index contributed by atoms with van der Waals surface area (Å²) in [5.74, 6) is 1.68. The molecule has 2 aliphatic rings. The standard InChI is InChI=1S/C24H30N8/c1-17-19(15-26-32(17)23-14-22(29(2)3)27-24(25)28-23)8-6-10-30-11-12-31-20(16-30)13-18-7-4-5-9-21(18)31/h4-9,14-15,20H,10-13,16H2,1-3H3,(H2,25,27,28)/b8-6+. The van der Waals surface area contributed by atoms with Crippen molar-refractivity contribution in [3.8, 4) is 5.82 Å². The zero-order valence-electron chi connectivity index (χ0n) is 18.9. The van der Waals surface area contributed by atoms with Gasteiger partial charge in [0.05, 0.1) is 11.9 Å². The van der Waals surface area contributed by atoms with E-state index in [9.17, 15) is 0 Å². The number of para-hydroxylation sites is 1. The van der Waals surface area contributed by atoms with E-state index in [2.05, 4.69) is 68.2 Å². The summed E-state index contributed by atoms with van der Waals surface area (Å²) in [5, 5.41) is 4.54. The van der Waals surface area contributed by atoms with Crippen LogP contribution in [0.1, 0.15) is 16.8 Å². The average molecular weight is 431 g/mol. The van der Waals surface area contributed by atoms with Gasteiger partial charge in [-0.2, -0.15) is 15.1 Å². The molecule has 8 nitrogen and oxygen atoms in total. The molecule has 2 N–H and O–H groups in total. The fourth-order valence-electron chi connectivity index (χ4n) is 4.72. The summed E-state index contributed by atoms with van der Waals surface area (Å²) >= 11 is 0. The molecule has 4 heterocycles. The maximum atomic E-state index is 5.91. The van der Waals surface area contributed by atoms with E-state index in [4.69, 9.17) is 5.73 Å². The molecule has 2 aliphatic heterocycles. The van der Waals surface area contributed by atoms with Crippen LogP contribution in [0.5, 0.6) is 0 Å². The molecule has 32 heavy (non-hydrogen) atoms. The Morgan fingerprint density at radius 2 is 2.03 bits per heavy atom. The first-order valence-electron chi connectivity index (χ1n) is 11.1. The van der Waals surface area contributed by atoms with Gasteiger partial charge in [0.1, 0.15) is 5.82 Å². The Morgan fingerprint density at radius 1 is 1.19 bits per heavy atom.